The van der Waals surface area contributed by atoms with E-state index in [1.807, 2.05) is 36.4 Å². The minimum absolute atomic E-state index is 0.0673. The van der Waals surface area contributed by atoms with Crippen molar-refractivity contribution < 1.29 is 9.59 Å². The zero-order valence-electron chi connectivity index (χ0n) is 17.9. The summed E-state index contributed by atoms with van der Waals surface area (Å²) in [6.45, 7) is 1.14. The third-order valence-corrected chi connectivity index (χ3v) is 6.38. The molecular weight excluding hydrogens is 402 g/mol. The molecule has 0 radical (unpaired) electrons. The van der Waals surface area contributed by atoms with Gasteiger partial charge in [-0.3, -0.25) is 9.89 Å². The third-order valence-electron chi connectivity index (χ3n) is 6.38. The minimum Gasteiger partial charge on any atom is -0.326 e. The largest absolute Gasteiger partial charge is 0.326 e. The first-order valence-corrected chi connectivity index (χ1v) is 11.2. The van der Waals surface area contributed by atoms with Gasteiger partial charge in [0, 0.05) is 42.6 Å². The van der Waals surface area contributed by atoms with Crippen LogP contribution in [0.2, 0.25) is 0 Å². The van der Waals surface area contributed by atoms with E-state index in [-0.39, 0.29) is 11.9 Å². The van der Waals surface area contributed by atoms with Crippen molar-refractivity contribution in [1.29, 1.82) is 0 Å². The Hall–Kier alpha value is -3.61. The number of hydrogen-bond donors (Lipinski definition) is 3. The highest BCUT2D eigenvalue weighted by Crippen LogP contribution is 2.29. The zero-order chi connectivity index (χ0) is 21.9. The Balaban J connectivity index is 1.15. The number of carbonyl (C=O) groups is 2. The second-order valence-electron chi connectivity index (χ2n) is 8.71. The standard InChI is InChI=1S/C25H27N5O2/c31-24(13-17-3-1-2-4-17)27-21-7-9-22(10-8-21)28-25(32)30-15-19-6-5-18(14-20(19)16-30)23-11-12-26-29-23/h5-12,14,17H,1-4,13,15-16H2,(H,26,29)(H,27,31)(H,28,32). The Morgan fingerprint density at radius 3 is 2.38 bits per heavy atom. The number of carbonyl (C=O) groups excluding carboxylic acids is 2. The van der Waals surface area contributed by atoms with Gasteiger partial charge in [-0.05, 0) is 66.3 Å². The van der Waals surface area contributed by atoms with Crippen LogP contribution in [-0.4, -0.2) is 27.0 Å². The van der Waals surface area contributed by atoms with Crippen molar-refractivity contribution in [2.24, 2.45) is 5.92 Å². The van der Waals surface area contributed by atoms with Crippen LogP contribution in [-0.2, 0) is 17.9 Å². The lowest BCUT2D eigenvalue weighted by Crippen LogP contribution is -2.30. The zero-order valence-corrected chi connectivity index (χ0v) is 17.9. The maximum absolute atomic E-state index is 12.8. The van der Waals surface area contributed by atoms with E-state index < -0.39 is 0 Å². The van der Waals surface area contributed by atoms with Crippen LogP contribution in [0.3, 0.4) is 0 Å². The summed E-state index contributed by atoms with van der Waals surface area (Å²) >= 11 is 0. The lowest BCUT2D eigenvalue weighted by molar-refractivity contribution is -0.117. The van der Waals surface area contributed by atoms with E-state index in [4.69, 9.17) is 0 Å². The summed E-state index contributed by atoms with van der Waals surface area (Å²) in [5, 5.41) is 13.0. The fraction of sp³-hybridized carbons (Fsp3) is 0.320. The molecule has 1 saturated carbocycles. The number of H-pyrrole nitrogens is 1. The van der Waals surface area contributed by atoms with E-state index in [1.54, 1.807) is 11.1 Å². The van der Waals surface area contributed by atoms with Gasteiger partial charge < -0.3 is 15.5 Å². The number of urea groups is 1. The van der Waals surface area contributed by atoms with E-state index in [0.717, 1.165) is 40.9 Å². The number of anilines is 2. The number of fused-ring (bicyclic) bond motifs is 1. The molecule has 7 nitrogen and oxygen atoms in total. The molecule has 3 N–H and O–H groups in total. The molecular formula is C25H27N5O2. The molecule has 0 atom stereocenters. The lowest BCUT2D eigenvalue weighted by Gasteiger charge is -2.16. The number of nitrogens with zero attached hydrogens (tertiary/aromatic N) is 2. The molecule has 164 valence electrons. The van der Waals surface area contributed by atoms with Gasteiger partial charge in [-0.1, -0.05) is 25.0 Å². The van der Waals surface area contributed by atoms with Crippen LogP contribution in [0, 0.1) is 5.92 Å². The second-order valence-corrected chi connectivity index (χ2v) is 8.71. The summed E-state index contributed by atoms with van der Waals surface area (Å²) < 4.78 is 0. The van der Waals surface area contributed by atoms with Gasteiger partial charge >= 0.3 is 6.03 Å². The summed E-state index contributed by atoms with van der Waals surface area (Å²) in [5.74, 6) is 0.589. The average Bonchev–Trinajstić information content (AvgIpc) is 3.56. The molecule has 1 aromatic heterocycles. The quantitative estimate of drug-likeness (QED) is 0.524. The van der Waals surface area contributed by atoms with Crippen molar-refractivity contribution in [3.63, 3.8) is 0 Å². The molecule has 0 spiro atoms. The maximum atomic E-state index is 12.8. The summed E-state index contributed by atoms with van der Waals surface area (Å²) in [4.78, 5) is 26.8. The SMILES string of the molecule is O=C(CC1CCCC1)Nc1ccc(NC(=O)N2Cc3ccc(-c4cc[nH]n4)cc3C2)cc1. The highest BCUT2D eigenvalue weighted by molar-refractivity contribution is 5.92. The number of nitrogens with one attached hydrogen (secondary N) is 3. The third kappa shape index (κ3) is 4.51. The molecule has 2 heterocycles. The normalized spacial score (nSPS) is 15.6. The van der Waals surface area contributed by atoms with Crippen LogP contribution in [0.5, 0.6) is 0 Å². The first-order valence-electron chi connectivity index (χ1n) is 11.2. The van der Waals surface area contributed by atoms with Crippen molar-refractivity contribution >= 4 is 23.3 Å². The maximum Gasteiger partial charge on any atom is 0.322 e. The van der Waals surface area contributed by atoms with Gasteiger partial charge in [-0.2, -0.15) is 5.10 Å². The molecule has 0 unspecified atom stereocenters. The predicted octanol–water partition coefficient (Wildman–Crippen LogP) is 5.14. The number of aromatic amines is 1. The number of aromatic nitrogens is 2. The predicted molar refractivity (Wildman–Crippen MR) is 124 cm³/mol. The average molecular weight is 430 g/mol. The fourth-order valence-corrected chi connectivity index (χ4v) is 4.65. The van der Waals surface area contributed by atoms with E-state index in [2.05, 4.69) is 33.0 Å². The summed E-state index contributed by atoms with van der Waals surface area (Å²) in [6.07, 6.45) is 7.18. The lowest BCUT2D eigenvalue weighted by atomic mass is 10.0. The Kier molecular flexibility index (Phi) is 5.62. The molecule has 2 aromatic carbocycles. The summed E-state index contributed by atoms with van der Waals surface area (Å²) in [5.41, 5.74) is 5.69. The van der Waals surface area contributed by atoms with E-state index in [9.17, 15) is 9.59 Å². The highest BCUT2D eigenvalue weighted by Gasteiger charge is 2.24. The molecule has 32 heavy (non-hydrogen) atoms. The van der Waals surface area contributed by atoms with Gasteiger partial charge in [-0.15, -0.1) is 0 Å². The first kappa shape index (κ1) is 20.3. The van der Waals surface area contributed by atoms with Crippen LogP contribution in [0.15, 0.2) is 54.7 Å². The van der Waals surface area contributed by atoms with Crippen molar-refractivity contribution in [2.45, 2.75) is 45.2 Å². The number of benzene rings is 2. The molecule has 5 rings (SSSR count). The fourth-order valence-electron chi connectivity index (χ4n) is 4.65. The topological polar surface area (TPSA) is 90.1 Å². The number of amides is 3. The van der Waals surface area contributed by atoms with E-state index in [0.29, 0.717) is 31.1 Å². The first-order chi connectivity index (χ1) is 15.6. The van der Waals surface area contributed by atoms with Crippen LogP contribution in [0.1, 0.15) is 43.2 Å². The van der Waals surface area contributed by atoms with Gasteiger partial charge in [0.25, 0.3) is 0 Å². The molecule has 3 aromatic rings. The molecule has 2 aliphatic rings. The number of hydrogen-bond acceptors (Lipinski definition) is 3. The van der Waals surface area contributed by atoms with E-state index >= 15 is 0 Å². The molecule has 1 fully saturated rings. The van der Waals surface area contributed by atoms with Gasteiger partial charge in [0.05, 0.1) is 5.69 Å². The smallest absolute Gasteiger partial charge is 0.322 e. The Morgan fingerprint density at radius 2 is 1.66 bits per heavy atom. The minimum atomic E-state index is -0.138. The van der Waals surface area contributed by atoms with E-state index in [1.165, 1.54) is 12.8 Å². The van der Waals surface area contributed by atoms with Crippen molar-refractivity contribution in [2.75, 3.05) is 10.6 Å². The second kappa shape index (κ2) is 8.86. The Labute approximate surface area is 187 Å². The van der Waals surface area contributed by atoms with Gasteiger partial charge in [-0.25, -0.2) is 4.79 Å². The van der Waals surface area contributed by atoms with Crippen LogP contribution >= 0.6 is 0 Å². The molecule has 0 saturated heterocycles. The molecule has 0 bridgehead atoms. The van der Waals surface area contributed by atoms with Gasteiger partial charge in [0.1, 0.15) is 0 Å². The highest BCUT2D eigenvalue weighted by atomic mass is 16.2. The summed E-state index contributed by atoms with van der Waals surface area (Å²) in [6, 6.07) is 15.3. The van der Waals surface area contributed by atoms with Crippen LogP contribution in [0.25, 0.3) is 11.3 Å². The molecule has 1 aliphatic carbocycles. The van der Waals surface area contributed by atoms with Crippen molar-refractivity contribution in [3.05, 3.63) is 65.9 Å². The van der Waals surface area contributed by atoms with Crippen molar-refractivity contribution in [1.82, 2.24) is 15.1 Å². The monoisotopic (exact) mass is 429 g/mol. The van der Waals surface area contributed by atoms with Gasteiger partial charge in [0.15, 0.2) is 0 Å². The van der Waals surface area contributed by atoms with Crippen molar-refractivity contribution in [3.8, 4) is 11.3 Å². The Bertz CT molecular complexity index is 1100. The molecule has 1 aliphatic heterocycles. The summed E-state index contributed by atoms with van der Waals surface area (Å²) in [7, 11) is 0. The molecule has 7 heteroatoms. The Morgan fingerprint density at radius 1 is 0.938 bits per heavy atom. The van der Waals surface area contributed by atoms with Crippen LogP contribution in [0.4, 0.5) is 16.2 Å². The van der Waals surface area contributed by atoms with Crippen LogP contribution < -0.4 is 10.6 Å². The molecule has 3 amide bonds. The van der Waals surface area contributed by atoms with Gasteiger partial charge in [0.2, 0.25) is 5.91 Å². The number of rotatable bonds is 5.